The van der Waals surface area contributed by atoms with E-state index in [-0.39, 0.29) is 0 Å². The summed E-state index contributed by atoms with van der Waals surface area (Å²) in [5, 5.41) is 14.4. The van der Waals surface area contributed by atoms with E-state index in [9.17, 15) is 0 Å². The zero-order valence-electron chi connectivity index (χ0n) is 7.60. The molecule has 0 bridgehead atoms. The lowest BCUT2D eigenvalue weighted by Crippen LogP contribution is -2.37. The Hall–Kier alpha value is -0.160. The largest absolute Gasteiger partial charge is 0.314 e. The molecule has 1 saturated heterocycles. The minimum Gasteiger partial charge on any atom is -0.314 e. The molecule has 0 spiro atoms. The molecule has 0 aromatic rings. The second-order valence-corrected chi connectivity index (χ2v) is 2.92. The minimum atomic E-state index is 0.946. The van der Waals surface area contributed by atoms with Crippen molar-refractivity contribution in [1.29, 1.82) is 0 Å². The lowest BCUT2D eigenvalue weighted by atomic mass is 10.4. The van der Waals surface area contributed by atoms with Gasteiger partial charge in [0, 0.05) is 52.4 Å². The van der Waals surface area contributed by atoms with Crippen molar-refractivity contribution < 1.29 is 0 Å². The first-order chi connectivity index (χ1) is 6.00. The van der Waals surface area contributed by atoms with Crippen molar-refractivity contribution in [3.63, 3.8) is 0 Å². The molecule has 0 aliphatic carbocycles. The summed E-state index contributed by atoms with van der Waals surface area (Å²) >= 11 is 0. The van der Waals surface area contributed by atoms with E-state index >= 15 is 0 Å². The van der Waals surface area contributed by atoms with E-state index in [0.29, 0.717) is 0 Å². The van der Waals surface area contributed by atoms with Crippen molar-refractivity contribution in [2.45, 2.75) is 0 Å². The zero-order chi connectivity index (χ0) is 8.49. The Morgan fingerprint density at radius 3 is 1.50 bits per heavy atom. The molecule has 0 aromatic carbocycles. The fourth-order valence-electron chi connectivity index (χ4n) is 1.16. The molecule has 1 aliphatic rings. The maximum Gasteiger partial charge on any atom is 0.0259 e. The van der Waals surface area contributed by atoms with Gasteiger partial charge in [-0.05, 0) is 0 Å². The average molecular weight is 171 g/mol. The van der Waals surface area contributed by atoms with E-state index in [1.165, 1.54) is 0 Å². The molecule has 0 aromatic heterocycles. The van der Waals surface area contributed by atoms with Crippen LogP contribution < -0.4 is 21.3 Å². The van der Waals surface area contributed by atoms with E-state index in [0.717, 1.165) is 52.4 Å². The van der Waals surface area contributed by atoms with Crippen LogP contribution in [0.4, 0.5) is 0 Å². The van der Waals surface area contributed by atoms with Gasteiger partial charge in [-0.3, -0.25) is 0 Å². The molecular weight excluding hydrogens is 152 g/mol. The maximum absolute atomic E-state index is 4.36. The van der Waals surface area contributed by atoms with Crippen LogP contribution in [-0.4, -0.2) is 52.4 Å². The fraction of sp³-hybridized carbons (Fsp3) is 1.00. The third kappa shape index (κ3) is 5.49. The summed E-state index contributed by atoms with van der Waals surface area (Å²) in [6.45, 7) is 8.14. The SMILES string of the molecule is C1CNCCNCCNCC[N]1. The van der Waals surface area contributed by atoms with Crippen LogP contribution in [0.1, 0.15) is 0 Å². The number of rotatable bonds is 0. The Morgan fingerprint density at radius 1 is 0.583 bits per heavy atom. The number of hydrogen-bond donors (Lipinski definition) is 3. The van der Waals surface area contributed by atoms with E-state index in [1.807, 2.05) is 0 Å². The first kappa shape index (κ1) is 9.92. The summed E-state index contributed by atoms with van der Waals surface area (Å²) in [6, 6.07) is 0. The van der Waals surface area contributed by atoms with E-state index in [2.05, 4.69) is 21.3 Å². The molecule has 3 N–H and O–H groups in total. The van der Waals surface area contributed by atoms with Gasteiger partial charge in [-0.1, -0.05) is 0 Å². The summed E-state index contributed by atoms with van der Waals surface area (Å²) in [6.07, 6.45) is 0. The Kier molecular flexibility index (Phi) is 6.19. The van der Waals surface area contributed by atoms with Crippen molar-refractivity contribution in [2.24, 2.45) is 0 Å². The van der Waals surface area contributed by atoms with Gasteiger partial charge in [0.05, 0.1) is 0 Å². The van der Waals surface area contributed by atoms with E-state index in [1.54, 1.807) is 0 Å². The second kappa shape index (κ2) is 7.49. The molecule has 0 amide bonds. The molecule has 1 rings (SSSR count). The first-order valence-corrected chi connectivity index (χ1v) is 4.75. The molecule has 1 heterocycles. The highest BCUT2D eigenvalue weighted by Crippen LogP contribution is 1.67. The molecule has 12 heavy (non-hydrogen) atoms. The van der Waals surface area contributed by atoms with Gasteiger partial charge in [0.15, 0.2) is 0 Å². The number of nitrogens with one attached hydrogen (secondary N) is 3. The van der Waals surface area contributed by atoms with Gasteiger partial charge >= 0.3 is 0 Å². The first-order valence-electron chi connectivity index (χ1n) is 4.75. The van der Waals surface area contributed by atoms with E-state index < -0.39 is 0 Å². The smallest absolute Gasteiger partial charge is 0.0259 e. The van der Waals surface area contributed by atoms with Crippen molar-refractivity contribution in [2.75, 3.05) is 52.4 Å². The average Bonchev–Trinajstić information content (AvgIpc) is 2.05. The van der Waals surface area contributed by atoms with Crippen molar-refractivity contribution in [3.8, 4) is 0 Å². The van der Waals surface area contributed by atoms with Crippen LogP contribution in [0, 0.1) is 0 Å². The summed E-state index contributed by atoms with van der Waals surface area (Å²) < 4.78 is 0. The highest BCUT2D eigenvalue weighted by atomic mass is 15.0. The molecule has 0 saturated carbocycles. The second-order valence-electron chi connectivity index (χ2n) is 2.92. The summed E-state index contributed by atoms with van der Waals surface area (Å²) in [4.78, 5) is 0. The van der Waals surface area contributed by atoms with Crippen molar-refractivity contribution >= 4 is 0 Å². The number of hydrogen-bond acceptors (Lipinski definition) is 3. The Balaban J connectivity index is 2.00. The van der Waals surface area contributed by atoms with Gasteiger partial charge in [-0.2, -0.15) is 0 Å². The standard InChI is InChI=1S/C8H19N4/c1-2-10-5-6-12-8-7-11-4-3-9-1/h9-11H,1-8H2. The van der Waals surface area contributed by atoms with Crippen LogP contribution in [-0.2, 0) is 0 Å². The molecule has 4 nitrogen and oxygen atoms in total. The topological polar surface area (TPSA) is 50.2 Å². The molecule has 1 radical (unpaired) electrons. The summed E-state index contributed by atoms with van der Waals surface area (Å²) in [7, 11) is 0. The third-order valence-corrected chi connectivity index (χ3v) is 1.85. The van der Waals surface area contributed by atoms with Gasteiger partial charge in [0.2, 0.25) is 0 Å². The van der Waals surface area contributed by atoms with Crippen LogP contribution in [0.2, 0.25) is 0 Å². The van der Waals surface area contributed by atoms with Gasteiger partial charge in [-0.25, -0.2) is 5.32 Å². The fourth-order valence-corrected chi connectivity index (χ4v) is 1.16. The van der Waals surface area contributed by atoms with Gasteiger partial charge in [0.25, 0.3) is 0 Å². The normalized spacial score (nSPS) is 24.0. The van der Waals surface area contributed by atoms with Crippen LogP contribution in [0.25, 0.3) is 0 Å². The summed E-state index contributed by atoms with van der Waals surface area (Å²) in [5.74, 6) is 0. The van der Waals surface area contributed by atoms with Crippen LogP contribution in [0.15, 0.2) is 0 Å². The molecule has 1 aliphatic heterocycles. The van der Waals surface area contributed by atoms with Crippen molar-refractivity contribution in [3.05, 3.63) is 0 Å². The lowest BCUT2D eigenvalue weighted by molar-refractivity contribution is 0.530. The van der Waals surface area contributed by atoms with Gasteiger partial charge in [-0.15, -0.1) is 0 Å². The lowest BCUT2D eigenvalue weighted by Gasteiger charge is -2.10. The molecular formula is C8H19N4. The molecule has 4 heteroatoms. The molecule has 71 valence electrons. The van der Waals surface area contributed by atoms with E-state index in [4.69, 9.17) is 0 Å². The zero-order valence-corrected chi connectivity index (χ0v) is 7.60. The van der Waals surface area contributed by atoms with Gasteiger partial charge < -0.3 is 16.0 Å². The predicted molar refractivity (Wildman–Crippen MR) is 50.5 cm³/mol. The molecule has 1 fully saturated rings. The highest BCUT2D eigenvalue weighted by Gasteiger charge is 1.93. The number of nitrogens with zero attached hydrogens (tertiary/aromatic N) is 1. The van der Waals surface area contributed by atoms with Crippen LogP contribution >= 0.6 is 0 Å². The Bertz CT molecular complexity index is 54.0. The van der Waals surface area contributed by atoms with Gasteiger partial charge in [0.1, 0.15) is 0 Å². The Morgan fingerprint density at radius 2 is 1.00 bits per heavy atom. The van der Waals surface area contributed by atoms with Crippen LogP contribution in [0.5, 0.6) is 0 Å². The van der Waals surface area contributed by atoms with Crippen LogP contribution in [0.3, 0.4) is 0 Å². The quantitative estimate of drug-likeness (QED) is 0.410. The monoisotopic (exact) mass is 171 g/mol. The summed E-state index contributed by atoms with van der Waals surface area (Å²) in [5.41, 5.74) is 0. The molecule has 0 atom stereocenters. The van der Waals surface area contributed by atoms with Crippen molar-refractivity contribution in [1.82, 2.24) is 21.3 Å². The Labute approximate surface area is 74.5 Å². The highest BCUT2D eigenvalue weighted by molar-refractivity contribution is 4.59. The minimum absolute atomic E-state index is 0.946. The maximum atomic E-state index is 4.36. The predicted octanol–water partition coefficient (Wildman–Crippen LogP) is -1.63. The molecule has 0 unspecified atom stereocenters. The third-order valence-electron chi connectivity index (χ3n) is 1.85.